The highest BCUT2D eigenvalue weighted by Gasteiger charge is 2.19. The number of anilines is 3. The van der Waals surface area contributed by atoms with Crippen LogP contribution >= 0.6 is 0 Å². The third kappa shape index (κ3) is 6.12. The van der Waals surface area contributed by atoms with Gasteiger partial charge in [-0.25, -0.2) is 0 Å². The Morgan fingerprint density at radius 3 is 1.68 bits per heavy atom. The van der Waals surface area contributed by atoms with Crippen molar-refractivity contribution in [3.05, 3.63) is 243 Å². The number of nitrogens with zero attached hydrogens (tertiary/aromatic N) is 2. The van der Waals surface area contributed by atoms with E-state index in [1.165, 1.54) is 54.5 Å². The first kappa shape index (κ1) is 36.9. The van der Waals surface area contributed by atoms with Gasteiger partial charge in [0.25, 0.3) is 0 Å². The number of hydrogen-bond acceptors (Lipinski definition) is 2. The molecule has 65 heavy (non-hydrogen) atoms. The van der Waals surface area contributed by atoms with Crippen LogP contribution in [0.1, 0.15) is 0 Å². The Morgan fingerprint density at radius 1 is 0.308 bits per heavy atom. The third-order valence-corrected chi connectivity index (χ3v) is 13.2. The number of fused-ring (bicyclic) bond motifs is 9. The minimum Gasteiger partial charge on any atom is -0.455 e. The zero-order valence-corrected chi connectivity index (χ0v) is 35.4. The van der Waals surface area contributed by atoms with Gasteiger partial charge >= 0.3 is 0 Å². The highest BCUT2D eigenvalue weighted by atomic mass is 16.3. The van der Waals surface area contributed by atoms with Crippen LogP contribution in [-0.2, 0) is 0 Å². The van der Waals surface area contributed by atoms with Gasteiger partial charge in [-0.2, -0.15) is 0 Å². The van der Waals surface area contributed by atoms with Crippen molar-refractivity contribution in [3.63, 3.8) is 0 Å². The van der Waals surface area contributed by atoms with Crippen LogP contribution in [0.3, 0.4) is 0 Å². The average molecular weight is 829 g/mol. The summed E-state index contributed by atoms with van der Waals surface area (Å²) in [6.45, 7) is 0. The first-order valence-corrected chi connectivity index (χ1v) is 22.2. The summed E-state index contributed by atoms with van der Waals surface area (Å²) in [5.41, 5.74) is 15.5. The van der Waals surface area contributed by atoms with Crippen LogP contribution in [0.15, 0.2) is 247 Å². The number of aromatic nitrogens is 1. The summed E-state index contributed by atoms with van der Waals surface area (Å²) in [4.78, 5) is 2.39. The maximum absolute atomic E-state index is 6.53. The summed E-state index contributed by atoms with van der Waals surface area (Å²) in [5.74, 6) is 0. The predicted molar refractivity (Wildman–Crippen MR) is 274 cm³/mol. The molecule has 0 atom stereocenters. The normalized spacial score (nSPS) is 11.7. The first-order chi connectivity index (χ1) is 32.2. The van der Waals surface area contributed by atoms with Crippen molar-refractivity contribution < 1.29 is 4.42 Å². The molecule has 2 heterocycles. The molecule has 0 aliphatic heterocycles. The molecular weight excluding hydrogens is 789 g/mol. The maximum Gasteiger partial charge on any atom is 0.143 e. The van der Waals surface area contributed by atoms with Gasteiger partial charge in [0, 0.05) is 49.9 Å². The van der Waals surface area contributed by atoms with Crippen molar-refractivity contribution in [2.45, 2.75) is 0 Å². The monoisotopic (exact) mass is 828 g/mol. The van der Waals surface area contributed by atoms with E-state index in [0.29, 0.717) is 0 Å². The molecule has 0 N–H and O–H groups in total. The number of para-hydroxylation sites is 3. The molecule has 0 unspecified atom stereocenters. The van der Waals surface area contributed by atoms with E-state index in [4.69, 9.17) is 4.42 Å². The smallest absolute Gasteiger partial charge is 0.143 e. The van der Waals surface area contributed by atoms with Gasteiger partial charge in [-0.3, -0.25) is 0 Å². The first-order valence-electron chi connectivity index (χ1n) is 22.2. The molecule has 3 heteroatoms. The SMILES string of the molecule is c1ccc(-c2cccc3c2oc2ccc(-c4ccc(N(c5ccc(-c6cc7ccccc7c7ccccc67)cc5)c5ccc6c(c5)c5ccccc5n6-c5ccccc5)cc4)cc23)cc1. The second-order valence-corrected chi connectivity index (χ2v) is 16.9. The second kappa shape index (κ2) is 15.0. The van der Waals surface area contributed by atoms with E-state index < -0.39 is 0 Å². The lowest BCUT2D eigenvalue weighted by molar-refractivity contribution is 0.670. The quantitative estimate of drug-likeness (QED) is 0.149. The van der Waals surface area contributed by atoms with Crippen LogP contribution < -0.4 is 4.90 Å². The average Bonchev–Trinajstić information content (AvgIpc) is 3.92. The van der Waals surface area contributed by atoms with Crippen LogP contribution in [0.4, 0.5) is 17.1 Å². The largest absolute Gasteiger partial charge is 0.455 e. The van der Waals surface area contributed by atoms with Crippen molar-refractivity contribution in [2.75, 3.05) is 4.90 Å². The molecular formula is C62H40N2O. The van der Waals surface area contributed by atoms with E-state index in [9.17, 15) is 0 Å². The van der Waals surface area contributed by atoms with E-state index >= 15 is 0 Å². The topological polar surface area (TPSA) is 21.3 Å². The van der Waals surface area contributed by atoms with Gasteiger partial charge in [-0.05, 0) is 128 Å². The fourth-order valence-corrected chi connectivity index (χ4v) is 10.1. The number of rotatable bonds is 7. The molecule has 0 amide bonds. The maximum atomic E-state index is 6.53. The van der Waals surface area contributed by atoms with Gasteiger partial charge in [0.15, 0.2) is 0 Å². The van der Waals surface area contributed by atoms with Crippen molar-refractivity contribution in [1.82, 2.24) is 4.57 Å². The standard InChI is InChI=1S/C62H40N2O/c1-3-14-42(15-4-1)51-23-13-24-55-58-38-44(30-37-61(58)65-62(51)55)41-26-31-47(32-27-41)63(49-35-36-60-57(40-49)54-22-11-12-25-59(54)64(60)46-17-5-2-6-18-46)48-33-28-43(29-34-48)56-39-45-16-7-8-19-50(45)52-20-9-10-21-53(52)56/h1-40H. The molecule has 11 aromatic carbocycles. The van der Waals surface area contributed by atoms with E-state index in [0.717, 1.165) is 66.9 Å². The van der Waals surface area contributed by atoms with Crippen molar-refractivity contribution in [1.29, 1.82) is 0 Å². The molecule has 13 rings (SSSR count). The van der Waals surface area contributed by atoms with Crippen LogP contribution in [-0.4, -0.2) is 4.57 Å². The Balaban J connectivity index is 0.938. The molecule has 0 saturated carbocycles. The second-order valence-electron chi connectivity index (χ2n) is 16.9. The minimum atomic E-state index is 0.888. The Labute approximate surface area is 376 Å². The van der Waals surface area contributed by atoms with Crippen LogP contribution in [0.5, 0.6) is 0 Å². The van der Waals surface area contributed by atoms with Gasteiger partial charge in [0.1, 0.15) is 11.2 Å². The van der Waals surface area contributed by atoms with Crippen molar-refractivity contribution in [3.8, 4) is 39.1 Å². The number of benzene rings is 11. The fraction of sp³-hybridized carbons (Fsp3) is 0. The lowest BCUT2D eigenvalue weighted by Crippen LogP contribution is -2.10. The molecule has 3 nitrogen and oxygen atoms in total. The lowest BCUT2D eigenvalue weighted by atomic mass is 9.93. The highest BCUT2D eigenvalue weighted by molar-refractivity contribution is 6.14. The van der Waals surface area contributed by atoms with Crippen LogP contribution in [0.2, 0.25) is 0 Å². The number of hydrogen-bond donors (Lipinski definition) is 0. The summed E-state index contributed by atoms with van der Waals surface area (Å²) in [6.07, 6.45) is 0. The van der Waals surface area contributed by atoms with Crippen LogP contribution in [0.25, 0.3) is 104 Å². The Bertz CT molecular complexity index is 3920. The van der Waals surface area contributed by atoms with E-state index in [1.54, 1.807) is 0 Å². The van der Waals surface area contributed by atoms with Crippen molar-refractivity contribution in [2.24, 2.45) is 0 Å². The summed E-state index contributed by atoms with van der Waals surface area (Å²) < 4.78 is 8.90. The van der Waals surface area contributed by atoms with Crippen molar-refractivity contribution >= 4 is 82.4 Å². The van der Waals surface area contributed by atoms with Gasteiger partial charge in [-0.15, -0.1) is 0 Å². The van der Waals surface area contributed by atoms with E-state index in [-0.39, 0.29) is 0 Å². The molecule has 2 aromatic heterocycles. The summed E-state index contributed by atoms with van der Waals surface area (Å²) in [7, 11) is 0. The zero-order valence-electron chi connectivity index (χ0n) is 35.4. The van der Waals surface area contributed by atoms with Gasteiger partial charge in [0.2, 0.25) is 0 Å². The molecule has 0 spiro atoms. The van der Waals surface area contributed by atoms with Gasteiger partial charge < -0.3 is 13.9 Å². The Hall–Kier alpha value is -8.66. The lowest BCUT2D eigenvalue weighted by Gasteiger charge is -2.26. The number of furan rings is 1. The molecule has 0 saturated heterocycles. The molecule has 0 bridgehead atoms. The molecule has 0 aliphatic rings. The zero-order chi connectivity index (χ0) is 42.8. The molecule has 0 aliphatic carbocycles. The van der Waals surface area contributed by atoms with E-state index in [1.807, 2.05) is 6.07 Å². The van der Waals surface area contributed by atoms with E-state index in [2.05, 4.69) is 246 Å². The van der Waals surface area contributed by atoms with Gasteiger partial charge in [-0.1, -0.05) is 164 Å². The summed E-state index contributed by atoms with van der Waals surface area (Å²) in [5, 5.41) is 9.71. The fourth-order valence-electron chi connectivity index (χ4n) is 10.1. The van der Waals surface area contributed by atoms with Crippen LogP contribution in [0, 0.1) is 0 Å². The minimum absolute atomic E-state index is 0.888. The molecule has 304 valence electrons. The predicted octanol–water partition coefficient (Wildman–Crippen LogP) is 17.5. The molecule has 13 aromatic rings. The Kier molecular flexibility index (Phi) is 8.53. The molecule has 0 radical (unpaired) electrons. The molecule has 0 fully saturated rings. The van der Waals surface area contributed by atoms with Gasteiger partial charge in [0.05, 0.1) is 11.0 Å². The third-order valence-electron chi connectivity index (χ3n) is 13.2. The highest BCUT2D eigenvalue weighted by Crippen LogP contribution is 2.43. The Morgan fingerprint density at radius 2 is 0.892 bits per heavy atom. The summed E-state index contributed by atoms with van der Waals surface area (Å²) in [6, 6.07) is 87.7. The summed E-state index contributed by atoms with van der Waals surface area (Å²) >= 11 is 0.